The average Bonchev–Trinajstić information content (AvgIpc) is 2.84. The summed E-state index contributed by atoms with van der Waals surface area (Å²) in [6.07, 6.45) is 4.85. The van der Waals surface area contributed by atoms with Gasteiger partial charge in [0.05, 0.1) is 27.2 Å². The van der Waals surface area contributed by atoms with E-state index in [2.05, 4.69) is 28.4 Å². The summed E-state index contributed by atoms with van der Waals surface area (Å²) < 4.78 is 16.4. The summed E-state index contributed by atoms with van der Waals surface area (Å²) in [6, 6.07) is 10.2. The van der Waals surface area contributed by atoms with Crippen LogP contribution in [0.15, 0.2) is 30.3 Å². The van der Waals surface area contributed by atoms with Gasteiger partial charge in [0.1, 0.15) is 5.75 Å². The van der Waals surface area contributed by atoms with Gasteiger partial charge < -0.3 is 19.5 Å². The Labute approximate surface area is 203 Å². The number of ether oxygens (including phenoxy) is 3. The van der Waals surface area contributed by atoms with Crippen LogP contribution in [0.25, 0.3) is 0 Å². The average molecular weight is 475 g/mol. The van der Waals surface area contributed by atoms with Crippen molar-refractivity contribution in [1.29, 1.82) is 0 Å². The molecule has 1 aliphatic heterocycles. The van der Waals surface area contributed by atoms with Crippen molar-refractivity contribution in [2.45, 2.75) is 44.6 Å². The lowest BCUT2D eigenvalue weighted by Gasteiger charge is -2.30. The minimum absolute atomic E-state index is 0. The molecule has 7 heteroatoms. The molecule has 180 valence electrons. The quantitative estimate of drug-likeness (QED) is 0.583. The van der Waals surface area contributed by atoms with E-state index in [1.165, 1.54) is 16.7 Å². The van der Waals surface area contributed by atoms with Gasteiger partial charge in [-0.3, -0.25) is 9.69 Å². The number of fused-ring (bicyclic) bond motifs is 2. The molecule has 1 N–H and O–H groups in total. The standard InChI is InChI=1S/C26H34N2O4.ClH/c1-30-23-10-5-7-20-21(23)8-4-9-22(20)26(29)27-12-6-13-28-14-11-18-15-24(31-2)25(32-3)16-19(18)17-28;/h5,7,10,15-16,22H,4,6,8-9,11-14,17H2,1-3H3,(H,27,29);1H. The highest BCUT2D eigenvalue weighted by Crippen LogP contribution is 2.37. The molecule has 2 aromatic carbocycles. The summed E-state index contributed by atoms with van der Waals surface area (Å²) >= 11 is 0. The summed E-state index contributed by atoms with van der Waals surface area (Å²) in [5.41, 5.74) is 4.95. The van der Waals surface area contributed by atoms with Crippen molar-refractivity contribution >= 4 is 18.3 Å². The van der Waals surface area contributed by atoms with Crippen LogP contribution in [0.1, 0.15) is 47.4 Å². The first-order valence-corrected chi connectivity index (χ1v) is 11.5. The molecule has 1 unspecified atom stereocenters. The lowest BCUT2D eigenvalue weighted by atomic mass is 9.82. The second kappa shape index (κ2) is 11.6. The maximum atomic E-state index is 12.9. The van der Waals surface area contributed by atoms with E-state index in [0.29, 0.717) is 6.54 Å². The third kappa shape index (κ3) is 5.56. The van der Waals surface area contributed by atoms with Gasteiger partial charge in [0, 0.05) is 26.2 Å². The summed E-state index contributed by atoms with van der Waals surface area (Å²) in [7, 11) is 5.05. The van der Waals surface area contributed by atoms with Crippen molar-refractivity contribution in [3.8, 4) is 17.2 Å². The van der Waals surface area contributed by atoms with Gasteiger partial charge in [-0.15, -0.1) is 12.4 Å². The van der Waals surface area contributed by atoms with Crippen LogP contribution in [0, 0.1) is 0 Å². The number of amides is 1. The molecular weight excluding hydrogens is 440 g/mol. The van der Waals surface area contributed by atoms with Crippen molar-refractivity contribution in [3.05, 3.63) is 52.6 Å². The van der Waals surface area contributed by atoms with Gasteiger partial charge in [0.15, 0.2) is 11.5 Å². The molecule has 0 radical (unpaired) electrons. The summed E-state index contributed by atoms with van der Waals surface area (Å²) in [5, 5.41) is 3.18. The molecule has 0 fully saturated rings. The maximum Gasteiger partial charge on any atom is 0.227 e. The minimum Gasteiger partial charge on any atom is -0.496 e. The fourth-order valence-electron chi connectivity index (χ4n) is 5.05. The molecular formula is C26H35ClN2O4. The maximum absolute atomic E-state index is 12.9. The molecule has 1 aliphatic carbocycles. The SMILES string of the molecule is COc1cc2c(cc1OC)CN(CCCNC(=O)C1CCCc3c(OC)cccc31)CC2.Cl. The van der Waals surface area contributed by atoms with Crippen LogP contribution >= 0.6 is 12.4 Å². The normalized spacial score (nSPS) is 17.2. The van der Waals surface area contributed by atoms with E-state index in [-0.39, 0.29) is 24.2 Å². The zero-order chi connectivity index (χ0) is 22.5. The first kappa shape index (κ1) is 25.2. The third-order valence-corrected chi connectivity index (χ3v) is 6.75. The number of carbonyl (C=O) groups is 1. The van der Waals surface area contributed by atoms with Crippen molar-refractivity contribution < 1.29 is 19.0 Å². The van der Waals surface area contributed by atoms with Crippen LogP contribution in [-0.4, -0.2) is 51.8 Å². The fraction of sp³-hybridized carbons (Fsp3) is 0.500. The Balaban J connectivity index is 0.00000306. The zero-order valence-electron chi connectivity index (χ0n) is 19.8. The third-order valence-electron chi connectivity index (χ3n) is 6.75. The number of hydrogen-bond acceptors (Lipinski definition) is 5. The largest absolute Gasteiger partial charge is 0.496 e. The van der Waals surface area contributed by atoms with Gasteiger partial charge >= 0.3 is 0 Å². The van der Waals surface area contributed by atoms with Gasteiger partial charge in [0.25, 0.3) is 0 Å². The number of nitrogens with one attached hydrogen (secondary N) is 1. The molecule has 4 rings (SSSR count). The van der Waals surface area contributed by atoms with E-state index in [4.69, 9.17) is 14.2 Å². The lowest BCUT2D eigenvalue weighted by Crippen LogP contribution is -2.35. The number of rotatable bonds is 8. The molecule has 1 heterocycles. The molecule has 2 aromatic rings. The highest BCUT2D eigenvalue weighted by Gasteiger charge is 2.28. The molecule has 1 amide bonds. The summed E-state index contributed by atoms with van der Waals surface area (Å²) in [4.78, 5) is 15.4. The van der Waals surface area contributed by atoms with Crippen LogP contribution in [-0.2, 0) is 24.2 Å². The fourth-order valence-corrected chi connectivity index (χ4v) is 5.05. The van der Waals surface area contributed by atoms with Gasteiger partial charge in [-0.2, -0.15) is 0 Å². The van der Waals surface area contributed by atoms with Crippen LogP contribution in [0.2, 0.25) is 0 Å². The Morgan fingerprint density at radius 1 is 1.03 bits per heavy atom. The van der Waals surface area contributed by atoms with E-state index in [1.54, 1.807) is 21.3 Å². The minimum atomic E-state index is -0.0711. The number of methoxy groups -OCH3 is 3. The number of nitrogens with zero attached hydrogens (tertiary/aromatic N) is 1. The highest BCUT2D eigenvalue weighted by molar-refractivity contribution is 5.85. The number of carbonyl (C=O) groups excluding carboxylic acids is 1. The zero-order valence-corrected chi connectivity index (χ0v) is 20.6. The van der Waals surface area contributed by atoms with Crippen molar-refractivity contribution in [1.82, 2.24) is 10.2 Å². The first-order chi connectivity index (χ1) is 15.6. The number of hydrogen-bond donors (Lipinski definition) is 1. The predicted molar refractivity (Wildman–Crippen MR) is 132 cm³/mol. The monoisotopic (exact) mass is 474 g/mol. The molecule has 0 saturated carbocycles. The molecule has 2 aliphatic rings. The van der Waals surface area contributed by atoms with Gasteiger partial charge in [-0.25, -0.2) is 0 Å². The Kier molecular flexibility index (Phi) is 8.87. The second-order valence-corrected chi connectivity index (χ2v) is 8.62. The Bertz CT molecular complexity index is 966. The topological polar surface area (TPSA) is 60.0 Å². The summed E-state index contributed by atoms with van der Waals surface area (Å²) in [6.45, 7) is 3.58. The molecule has 0 aromatic heterocycles. The van der Waals surface area contributed by atoms with E-state index < -0.39 is 0 Å². The van der Waals surface area contributed by atoms with Gasteiger partial charge in [-0.05, 0) is 72.6 Å². The van der Waals surface area contributed by atoms with Gasteiger partial charge in [0.2, 0.25) is 5.91 Å². The van der Waals surface area contributed by atoms with Crippen molar-refractivity contribution in [2.75, 3.05) is 41.0 Å². The predicted octanol–water partition coefficient (Wildman–Crippen LogP) is 4.12. The Morgan fingerprint density at radius 3 is 2.48 bits per heavy atom. The van der Waals surface area contributed by atoms with Crippen LogP contribution in [0.3, 0.4) is 0 Å². The van der Waals surface area contributed by atoms with Gasteiger partial charge in [-0.1, -0.05) is 12.1 Å². The lowest BCUT2D eigenvalue weighted by molar-refractivity contribution is -0.122. The number of benzene rings is 2. The smallest absolute Gasteiger partial charge is 0.227 e. The molecule has 33 heavy (non-hydrogen) atoms. The van der Waals surface area contributed by atoms with Crippen molar-refractivity contribution in [3.63, 3.8) is 0 Å². The molecule has 0 spiro atoms. The molecule has 0 bridgehead atoms. The molecule has 0 saturated heterocycles. The summed E-state index contributed by atoms with van der Waals surface area (Å²) in [5.74, 6) is 2.55. The van der Waals surface area contributed by atoms with E-state index in [0.717, 1.165) is 74.6 Å². The Morgan fingerprint density at radius 2 is 1.76 bits per heavy atom. The Hall–Kier alpha value is -2.44. The van der Waals surface area contributed by atoms with E-state index in [9.17, 15) is 4.79 Å². The number of halogens is 1. The first-order valence-electron chi connectivity index (χ1n) is 11.5. The highest BCUT2D eigenvalue weighted by atomic mass is 35.5. The molecule has 1 atom stereocenters. The van der Waals surface area contributed by atoms with Crippen LogP contribution in [0.4, 0.5) is 0 Å². The van der Waals surface area contributed by atoms with Crippen molar-refractivity contribution in [2.24, 2.45) is 0 Å². The van der Waals surface area contributed by atoms with Crippen LogP contribution in [0.5, 0.6) is 17.2 Å². The molecule has 6 nitrogen and oxygen atoms in total. The second-order valence-electron chi connectivity index (χ2n) is 8.62. The van der Waals surface area contributed by atoms with E-state index >= 15 is 0 Å². The van der Waals surface area contributed by atoms with E-state index in [1.807, 2.05) is 12.1 Å². The van der Waals surface area contributed by atoms with Crippen LogP contribution < -0.4 is 19.5 Å².